The molecule has 0 atom stereocenters. The van der Waals surface area contributed by atoms with Crippen molar-refractivity contribution in [3.05, 3.63) is 10.6 Å². The summed E-state index contributed by atoms with van der Waals surface area (Å²) in [6, 6.07) is 0.407. The molecular weight excluding hydrogens is 338 g/mol. The van der Waals surface area contributed by atoms with Gasteiger partial charge in [0.25, 0.3) is 0 Å². The Balaban J connectivity index is 1.73. The van der Waals surface area contributed by atoms with E-state index in [0.29, 0.717) is 6.54 Å². The minimum atomic E-state index is -0.797. The summed E-state index contributed by atoms with van der Waals surface area (Å²) in [6.45, 7) is 4.14. The lowest BCUT2D eigenvalue weighted by Gasteiger charge is -2.43. The standard InChI is InChI=1S/C14H22BrN3O3/c1-2-17(9-13(19)20)12-6-11(7-12)16-14(21)18-5-3-4-10(15)8-18/h4,11-12H,2-3,5-9H2,1H3,(H,16,21)(H,19,20). The molecule has 2 N–H and O–H groups in total. The van der Waals surface area contributed by atoms with E-state index in [2.05, 4.69) is 27.3 Å². The van der Waals surface area contributed by atoms with Crippen LogP contribution in [0.5, 0.6) is 0 Å². The van der Waals surface area contributed by atoms with Gasteiger partial charge in [-0.15, -0.1) is 0 Å². The van der Waals surface area contributed by atoms with E-state index in [1.165, 1.54) is 0 Å². The lowest BCUT2D eigenvalue weighted by atomic mass is 9.85. The number of likely N-dealkylation sites (N-methyl/N-ethyl adjacent to an activating group) is 1. The van der Waals surface area contributed by atoms with E-state index in [1.807, 2.05) is 11.8 Å². The van der Waals surface area contributed by atoms with Crippen molar-refractivity contribution in [3.63, 3.8) is 0 Å². The Morgan fingerprint density at radius 3 is 2.81 bits per heavy atom. The lowest BCUT2D eigenvalue weighted by Crippen LogP contribution is -2.57. The molecule has 1 aliphatic heterocycles. The SMILES string of the molecule is CCN(CC(=O)O)C1CC(NC(=O)N2CCC=C(Br)C2)C1. The summed E-state index contributed by atoms with van der Waals surface area (Å²) in [5.74, 6) is -0.797. The summed E-state index contributed by atoms with van der Waals surface area (Å²) < 4.78 is 1.05. The Hall–Kier alpha value is -1.08. The molecule has 118 valence electrons. The van der Waals surface area contributed by atoms with E-state index in [9.17, 15) is 9.59 Å². The van der Waals surface area contributed by atoms with Crippen molar-refractivity contribution in [2.75, 3.05) is 26.2 Å². The second-order valence-electron chi connectivity index (χ2n) is 5.59. The van der Waals surface area contributed by atoms with Gasteiger partial charge >= 0.3 is 12.0 Å². The highest BCUT2D eigenvalue weighted by atomic mass is 79.9. The molecule has 0 spiro atoms. The molecule has 2 amide bonds. The van der Waals surface area contributed by atoms with Gasteiger partial charge in [0.2, 0.25) is 0 Å². The van der Waals surface area contributed by atoms with Crippen LogP contribution >= 0.6 is 15.9 Å². The highest BCUT2D eigenvalue weighted by Crippen LogP contribution is 2.26. The number of hydrogen-bond donors (Lipinski definition) is 2. The monoisotopic (exact) mass is 359 g/mol. The molecule has 0 bridgehead atoms. The van der Waals surface area contributed by atoms with Crippen LogP contribution in [0.1, 0.15) is 26.2 Å². The molecule has 6 nitrogen and oxygen atoms in total. The third-order valence-electron chi connectivity index (χ3n) is 4.10. The van der Waals surface area contributed by atoms with Crippen molar-refractivity contribution in [1.82, 2.24) is 15.1 Å². The first-order valence-corrected chi connectivity index (χ1v) is 8.14. The fourth-order valence-corrected chi connectivity index (χ4v) is 3.35. The first kappa shape index (κ1) is 16.3. The Morgan fingerprint density at radius 2 is 2.24 bits per heavy atom. The van der Waals surface area contributed by atoms with Crippen molar-refractivity contribution in [1.29, 1.82) is 0 Å². The molecule has 2 aliphatic rings. The molecule has 2 rings (SSSR count). The molecule has 0 saturated heterocycles. The van der Waals surface area contributed by atoms with Crippen LogP contribution in [0.2, 0.25) is 0 Å². The lowest BCUT2D eigenvalue weighted by molar-refractivity contribution is -0.139. The molecule has 1 saturated carbocycles. The topological polar surface area (TPSA) is 72.9 Å². The largest absolute Gasteiger partial charge is 0.480 e. The van der Waals surface area contributed by atoms with Crippen LogP contribution in [-0.2, 0) is 4.79 Å². The zero-order chi connectivity index (χ0) is 15.4. The number of carboxylic acid groups (broad SMARTS) is 1. The van der Waals surface area contributed by atoms with Crippen LogP contribution in [0.15, 0.2) is 10.6 Å². The van der Waals surface area contributed by atoms with Gasteiger partial charge in [-0.05, 0) is 25.8 Å². The van der Waals surface area contributed by atoms with Gasteiger partial charge in [0.15, 0.2) is 0 Å². The minimum Gasteiger partial charge on any atom is -0.480 e. The average molecular weight is 360 g/mol. The Morgan fingerprint density at radius 1 is 1.52 bits per heavy atom. The van der Waals surface area contributed by atoms with Gasteiger partial charge < -0.3 is 15.3 Å². The molecule has 7 heteroatoms. The Labute approximate surface area is 133 Å². The quantitative estimate of drug-likeness (QED) is 0.782. The predicted molar refractivity (Wildman–Crippen MR) is 83.4 cm³/mol. The predicted octanol–water partition coefficient (Wildman–Crippen LogP) is 1.62. The number of carbonyl (C=O) groups is 2. The van der Waals surface area contributed by atoms with E-state index >= 15 is 0 Å². The molecule has 21 heavy (non-hydrogen) atoms. The van der Waals surface area contributed by atoms with Gasteiger partial charge in [-0.25, -0.2) is 4.79 Å². The van der Waals surface area contributed by atoms with E-state index < -0.39 is 5.97 Å². The number of carboxylic acids is 1. The van der Waals surface area contributed by atoms with Crippen molar-refractivity contribution in [2.24, 2.45) is 0 Å². The second kappa shape index (κ2) is 7.26. The summed E-state index contributed by atoms with van der Waals surface area (Å²) in [4.78, 5) is 26.7. The first-order valence-electron chi connectivity index (χ1n) is 7.35. The fraction of sp³-hybridized carbons (Fsp3) is 0.714. The average Bonchev–Trinajstić information content (AvgIpc) is 2.39. The maximum Gasteiger partial charge on any atom is 0.317 e. The van der Waals surface area contributed by atoms with E-state index in [1.54, 1.807) is 4.90 Å². The van der Waals surface area contributed by atoms with Crippen LogP contribution in [-0.4, -0.2) is 65.2 Å². The number of nitrogens with zero attached hydrogens (tertiary/aromatic N) is 2. The molecule has 0 radical (unpaired) electrons. The number of rotatable bonds is 5. The van der Waals surface area contributed by atoms with E-state index in [-0.39, 0.29) is 24.7 Å². The summed E-state index contributed by atoms with van der Waals surface area (Å²) in [6.07, 6.45) is 4.63. The number of urea groups is 1. The van der Waals surface area contributed by atoms with Gasteiger partial charge in [0.05, 0.1) is 13.1 Å². The zero-order valence-electron chi connectivity index (χ0n) is 12.2. The van der Waals surface area contributed by atoms with Gasteiger partial charge in [0, 0.05) is 23.1 Å². The molecule has 1 fully saturated rings. The molecule has 0 aromatic rings. The summed E-state index contributed by atoms with van der Waals surface area (Å²) in [5, 5.41) is 11.9. The van der Waals surface area contributed by atoms with E-state index in [4.69, 9.17) is 5.11 Å². The van der Waals surface area contributed by atoms with Gasteiger partial charge in [0.1, 0.15) is 0 Å². The van der Waals surface area contributed by atoms with Crippen molar-refractivity contribution >= 4 is 27.9 Å². The highest BCUT2D eigenvalue weighted by molar-refractivity contribution is 9.11. The number of carbonyl (C=O) groups excluding carboxylic acids is 1. The Kier molecular flexibility index (Phi) is 5.64. The highest BCUT2D eigenvalue weighted by Gasteiger charge is 2.35. The van der Waals surface area contributed by atoms with Crippen molar-refractivity contribution in [3.8, 4) is 0 Å². The maximum absolute atomic E-state index is 12.1. The number of hydrogen-bond acceptors (Lipinski definition) is 3. The maximum atomic E-state index is 12.1. The summed E-state index contributed by atoms with van der Waals surface area (Å²) in [5.41, 5.74) is 0. The normalized spacial score (nSPS) is 25.3. The van der Waals surface area contributed by atoms with Crippen molar-refractivity contribution in [2.45, 2.75) is 38.3 Å². The van der Waals surface area contributed by atoms with Crippen LogP contribution in [0.3, 0.4) is 0 Å². The van der Waals surface area contributed by atoms with E-state index in [0.717, 1.165) is 36.8 Å². The fourth-order valence-electron chi connectivity index (χ4n) is 2.82. The summed E-state index contributed by atoms with van der Waals surface area (Å²) in [7, 11) is 0. The van der Waals surface area contributed by atoms with Crippen LogP contribution < -0.4 is 5.32 Å². The molecule has 0 aromatic heterocycles. The van der Waals surface area contributed by atoms with Gasteiger partial charge in [-0.3, -0.25) is 9.69 Å². The van der Waals surface area contributed by atoms with Crippen molar-refractivity contribution < 1.29 is 14.7 Å². The first-order chi connectivity index (χ1) is 9.99. The Bertz CT molecular complexity index is 435. The minimum absolute atomic E-state index is 0.0233. The van der Waals surface area contributed by atoms with Crippen LogP contribution in [0.25, 0.3) is 0 Å². The third kappa shape index (κ3) is 4.44. The van der Waals surface area contributed by atoms with Crippen LogP contribution in [0.4, 0.5) is 4.79 Å². The molecular formula is C14H22BrN3O3. The number of halogens is 1. The smallest absolute Gasteiger partial charge is 0.317 e. The second-order valence-corrected chi connectivity index (χ2v) is 6.61. The number of aliphatic carboxylic acids is 1. The molecule has 1 aliphatic carbocycles. The number of nitrogens with one attached hydrogen (secondary N) is 1. The zero-order valence-corrected chi connectivity index (χ0v) is 13.8. The van der Waals surface area contributed by atoms with Crippen LogP contribution in [0, 0.1) is 0 Å². The summed E-state index contributed by atoms with van der Waals surface area (Å²) >= 11 is 3.43. The number of amides is 2. The molecule has 0 aromatic carbocycles. The third-order valence-corrected chi connectivity index (χ3v) is 4.67. The van der Waals surface area contributed by atoms with Gasteiger partial charge in [-0.1, -0.05) is 28.9 Å². The molecule has 0 unspecified atom stereocenters. The molecule has 1 heterocycles. The van der Waals surface area contributed by atoms with Gasteiger partial charge in [-0.2, -0.15) is 0 Å².